The summed E-state index contributed by atoms with van der Waals surface area (Å²) in [4.78, 5) is 0.371. The molecular weight excluding hydrogens is 258 g/mol. The van der Waals surface area contributed by atoms with Crippen molar-refractivity contribution >= 4 is 21.6 Å². The number of piperidine rings is 1. The molecule has 1 saturated heterocycles. The van der Waals surface area contributed by atoms with E-state index in [0.29, 0.717) is 23.9 Å². The van der Waals surface area contributed by atoms with Gasteiger partial charge in [-0.3, -0.25) is 0 Å². The molecule has 1 fully saturated rings. The van der Waals surface area contributed by atoms with E-state index < -0.39 is 10.0 Å². The fourth-order valence-electron chi connectivity index (χ4n) is 2.11. The maximum atomic E-state index is 12.3. The Morgan fingerprint density at radius 3 is 2.65 bits per heavy atom. The van der Waals surface area contributed by atoms with Crippen LogP contribution in [0, 0.1) is 5.92 Å². The van der Waals surface area contributed by atoms with Crippen molar-refractivity contribution in [1.29, 1.82) is 0 Å². The van der Waals surface area contributed by atoms with Gasteiger partial charge in [-0.05, 0) is 30.9 Å². The Balaban J connectivity index is 2.21. The van der Waals surface area contributed by atoms with Crippen molar-refractivity contribution in [3.05, 3.63) is 30.3 Å². The topological polar surface area (TPSA) is 37.4 Å². The first kappa shape index (κ1) is 12.9. The monoisotopic (exact) mass is 273 g/mol. The standard InChI is InChI=1S/C12H16ClNO2S/c13-9-11-5-4-8-14(10-11)17(15,16)12-6-2-1-3-7-12/h1-3,6-7,11H,4-5,8-10H2. The first-order chi connectivity index (χ1) is 8.14. The lowest BCUT2D eigenvalue weighted by molar-refractivity contribution is 0.283. The van der Waals surface area contributed by atoms with Crippen molar-refractivity contribution in [3.8, 4) is 0 Å². The van der Waals surface area contributed by atoms with Gasteiger partial charge in [0, 0.05) is 19.0 Å². The molecule has 1 aromatic rings. The highest BCUT2D eigenvalue weighted by molar-refractivity contribution is 7.89. The van der Waals surface area contributed by atoms with E-state index in [9.17, 15) is 8.42 Å². The van der Waals surface area contributed by atoms with Gasteiger partial charge in [0.25, 0.3) is 0 Å². The molecule has 0 spiro atoms. The molecule has 17 heavy (non-hydrogen) atoms. The molecule has 0 bridgehead atoms. The molecule has 1 aliphatic rings. The summed E-state index contributed by atoms with van der Waals surface area (Å²) in [5.41, 5.74) is 0. The molecule has 3 nitrogen and oxygen atoms in total. The number of rotatable bonds is 3. The Morgan fingerprint density at radius 2 is 2.00 bits per heavy atom. The van der Waals surface area contributed by atoms with Gasteiger partial charge in [-0.15, -0.1) is 11.6 Å². The van der Waals surface area contributed by atoms with Crippen molar-refractivity contribution in [2.75, 3.05) is 19.0 Å². The van der Waals surface area contributed by atoms with E-state index in [1.807, 2.05) is 6.07 Å². The third-order valence-electron chi connectivity index (χ3n) is 3.08. The van der Waals surface area contributed by atoms with Crippen LogP contribution < -0.4 is 0 Å². The van der Waals surface area contributed by atoms with E-state index in [0.717, 1.165) is 12.8 Å². The van der Waals surface area contributed by atoms with Crippen LogP contribution in [-0.4, -0.2) is 31.7 Å². The van der Waals surface area contributed by atoms with Crippen LogP contribution in [0.25, 0.3) is 0 Å². The molecule has 1 atom stereocenters. The van der Waals surface area contributed by atoms with Crippen LogP contribution in [0.3, 0.4) is 0 Å². The predicted molar refractivity (Wildman–Crippen MR) is 68.6 cm³/mol. The number of hydrogen-bond acceptors (Lipinski definition) is 2. The van der Waals surface area contributed by atoms with E-state index in [2.05, 4.69) is 0 Å². The lowest BCUT2D eigenvalue weighted by atomic mass is 10.0. The predicted octanol–water partition coefficient (Wildman–Crippen LogP) is 2.33. The summed E-state index contributed by atoms with van der Waals surface area (Å²) in [5, 5.41) is 0. The average Bonchev–Trinajstić information content (AvgIpc) is 2.40. The van der Waals surface area contributed by atoms with Crippen molar-refractivity contribution in [2.45, 2.75) is 17.7 Å². The summed E-state index contributed by atoms with van der Waals surface area (Å²) in [6, 6.07) is 8.59. The van der Waals surface area contributed by atoms with Crippen LogP contribution in [0.5, 0.6) is 0 Å². The number of nitrogens with zero attached hydrogens (tertiary/aromatic N) is 1. The number of benzene rings is 1. The minimum Gasteiger partial charge on any atom is -0.207 e. The first-order valence-electron chi connectivity index (χ1n) is 5.76. The highest BCUT2D eigenvalue weighted by atomic mass is 35.5. The molecule has 0 aliphatic carbocycles. The molecule has 0 N–H and O–H groups in total. The molecule has 1 heterocycles. The molecule has 0 saturated carbocycles. The second-order valence-electron chi connectivity index (χ2n) is 4.34. The van der Waals surface area contributed by atoms with Crippen molar-refractivity contribution in [3.63, 3.8) is 0 Å². The van der Waals surface area contributed by atoms with Gasteiger partial charge in [-0.2, -0.15) is 4.31 Å². The molecule has 0 radical (unpaired) electrons. The summed E-state index contributed by atoms with van der Waals surface area (Å²) in [6.07, 6.45) is 1.91. The molecule has 2 rings (SSSR count). The number of sulfonamides is 1. The van der Waals surface area contributed by atoms with Crippen LogP contribution >= 0.6 is 11.6 Å². The lowest BCUT2D eigenvalue weighted by Crippen LogP contribution is -2.40. The van der Waals surface area contributed by atoms with Crippen LogP contribution in [0.1, 0.15) is 12.8 Å². The zero-order valence-corrected chi connectivity index (χ0v) is 11.1. The zero-order chi connectivity index (χ0) is 12.3. The molecule has 0 amide bonds. The van der Waals surface area contributed by atoms with Gasteiger partial charge in [0.1, 0.15) is 0 Å². The van der Waals surface area contributed by atoms with Gasteiger partial charge >= 0.3 is 0 Å². The van der Waals surface area contributed by atoms with Gasteiger partial charge in [0.15, 0.2) is 0 Å². The fraction of sp³-hybridized carbons (Fsp3) is 0.500. The summed E-state index contributed by atoms with van der Waals surface area (Å²) in [7, 11) is -3.33. The SMILES string of the molecule is O=S(=O)(c1ccccc1)N1CCCC(CCl)C1. The summed E-state index contributed by atoms with van der Waals surface area (Å²) < 4.78 is 26.2. The number of alkyl halides is 1. The molecule has 1 unspecified atom stereocenters. The maximum absolute atomic E-state index is 12.3. The molecule has 5 heteroatoms. The van der Waals surface area contributed by atoms with E-state index in [1.165, 1.54) is 0 Å². The largest absolute Gasteiger partial charge is 0.243 e. The van der Waals surface area contributed by atoms with Gasteiger partial charge in [-0.1, -0.05) is 18.2 Å². The average molecular weight is 274 g/mol. The van der Waals surface area contributed by atoms with Crippen LogP contribution in [0.15, 0.2) is 35.2 Å². The van der Waals surface area contributed by atoms with E-state index in [-0.39, 0.29) is 5.92 Å². The Hall–Kier alpha value is -0.580. The van der Waals surface area contributed by atoms with Crippen LogP contribution in [0.2, 0.25) is 0 Å². The number of halogens is 1. The highest BCUT2D eigenvalue weighted by Crippen LogP contribution is 2.24. The smallest absolute Gasteiger partial charge is 0.207 e. The summed E-state index contributed by atoms with van der Waals surface area (Å²) in [6.45, 7) is 1.14. The minimum atomic E-state index is -3.33. The van der Waals surface area contributed by atoms with E-state index >= 15 is 0 Å². The second kappa shape index (κ2) is 5.38. The summed E-state index contributed by atoms with van der Waals surface area (Å²) >= 11 is 5.82. The third-order valence-corrected chi connectivity index (χ3v) is 5.40. The van der Waals surface area contributed by atoms with Gasteiger partial charge < -0.3 is 0 Å². The molecule has 94 valence electrons. The van der Waals surface area contributed by atoms with Crippen LogP contribution in [0.4, 0.5) is 0 Å². The number of hydrogen-bond donors (Lipinski definition) is 0. The van der Waals surface area contributed by atoms with Crippen molar-refractivity contribution in [1.82, 2.24) is 4.31 Å². The quantitative estimate of drug-likeness (QED) is 0.793. The summed E-state index contributed by atoms with van der Waals surface area (Å²) in [5.74, 6) is 0.810. The Bertz CT molecular complexity index is 461. The third kappa shape index (κ3) is 2.81. The van der Waals surface area contributed by atoms with Crippen LogP contribution in [-0.2, 0) is 10.0 Å². The Kier molecular flexibility index (Phi) is 4.07. The molecule has 1 aromatic carbocycles. The van der Waals surface area contributed by atoms with Gasteiger partial charge in [0.05, 0.1) is 4.90 Å². The Labute approximate surface area is 107 Å². The molecule has 0 aromatic heterocycles. The fourth-order valence-corrected chi connectivity index (χ4v) is 3.94. The minimum absolute atomic E-state index is 0.281. The highest BCUT2D eigenvalue weighted by Gasteiger charge is 2.29. The lowest BCUT2D eigenvalue weighted by Gasteiger charge is -2.30. The van der Waals surface area contributed by atoms with E-state index in [4.69, 9.17) is 11.6 Å². The van der Waals surface area contributed by atoms with Crippen molar-refractivity contribution < 1.29 is 8.42 Å². The van der Waals surface area contributed by atoms with Crippen molar-refractivity contribution in [2.24, 2.45) is 5.92 Å². The molecular formula is C12H16ClNO2S. The zero-order valence-electron chi connectivity index (χ0n) is 9.55. The van der Waals surface area contributed by atoms with Gasteiger partial charge in [0.2, 0.25) is 10.0 Å². The van der Waals surface area contributed by atoms with E-state index in [1.54, 1.807) is 28.6 Å². The molecule has 1 aliphatic heterocycles. The Morgan fingerprint density at radius 1 is 1.29 bits per heavy atom. The normalized spacial score (nSPS) is 22.5. The maximum Gasteiger partial charge on any atom is 0.243 e. The first-order valence-corrected chi connectivity index (χ1v) is 7.73. The second-order valence-corrected chi connectivity index (χ2v) is 6.59. The van der Waals surface area contributed by atoms with Gasteiger partial charge in [-0.25, -0.2) is 8.42 Å².